The van der Waals surface area contributed by atoms with Crippen molar-refractivity contribution < 1.29 is 24.3 Å². The number of aromatic hydroxyl groups is 1. The fourth-order valence-electron chi connectivity index (χ4n) is 3.47. The fraction of sp³-hybridized carbons (Fsp3) is 0.269. The van der Waals surface area contributed by atoms with Crippen molar-refractivity contribution >= 4 is 11.9 Å². The number of ether oxygens (including phenoxy) is 1. The maximum atomic E-state index is 12.8. The quantitative estimate of drug-likeness (QED) is 0.491. The summed E-state index contributed by atoms with van der Waals surface area (Å²) in [6, 6.07) is 16.1. The molecule has 1 aromatic heterocycles. The minimum absolute atomic E-state index is 0.106. The van der Waals surface area contributed by atoms with E-state index in [2.05, 4.69) is 10.3 Å². The number of benzene rings is 2. The van der Waals surface area contributed by atoms with Gasteiger partial charge in [-0.3, -0.25) is 4.79 Å². The molecule has 8 heteroatoms. The number of methoxy groups -OCH3 is 1. The Kier molecular flexibility index (Phi) is 7.86. The number of pyridine rings is 1. The van der Waals surface area contributed by atoms with Gasteiger partial charge in [-0.15, -0.1) is 5.06 Å². The molecular weight excluding hydrogens is 434 g/mol. The van der Waals surface area contributed by atoms with E-state index in [4.69, 9.17) is 9.57 Å². The van der Waals surface area contributed by atoms with E-state index < -0.39 is 23.7 Å². The summed E-state index contributed by atoms with van der Waals surface area (Å²) >= 11 is 0. The molecule has 0 aliphatic rings. The molecule has 178 valence electrons. The monoisotopic (exact) mass is 463 g/mol. The van der Waals surface area contributed by atoms with Crippen molar-refractivity contribution in [2.75, 3.05) is 14.2 Å². The van der Waals surface area contributed by atoms with E-state index in [9.17, 15) is 14.7 Å². The molecule has 8 nitrogen and oxygen atoms in total. The van der Waals surface area contributed by atoms with Gasteiger partial charge in [0, 0.05) is 19.3 Å². The maximum absolute atomic E-state index is 12.8. The van der Waals surface area contributed by atoms with Crippen molar-refractivity contribution in [2.45, 2.75) is 32.9 Å². The zero-order valence-corrected chi connectivity index (χ0v) is 19.9. The van der Waals surface area contributed by atoms with Gasteiger partial charge in [-0.05, 0) is 31.9 Å². The van der Waals surface area contributed by atoms with E-state index in [1.54, 1.807) is 7.05 Å². The summed E-state index contributed by atoms with van der Waals surface area (Å²) in [5.41, 5.74) is 3.90. The Balaban J connectivity index is 1.76. The van der Waals surface area contributed by atoms with E-state index in [0.717, 1.165) is 22.3 Å². The number of aromatic nitrogens is 1. The Morgan fingerprint density at radius 2 is 1.50 bits per heavy atom. The van der Waals surface area contributed by atoms with Gasteiger partial charge in [0.2, 0.25) is 0 Å². The van der Waals surface area contributed by atoms with Crippen LogP contribution >= 0.6 is 0 Å². The minimum atomic E-state index is -1.00. The molecule has 1 heterocycles. The molecule has 34 heavy (non-hydrogen) atoms. The summed E-state index contributed by atoms with van der Waals surface area (Å²) in [4.78, 5) is 34.9. The number of hydrogen-bond acceptors (Lipinski definition) is 7. The maximum Gasteiger partial charge on any atom is 0.347 e. The van der Waals surface area contributed by atoms with Gasteiger partial charge in [0.25, 0.3) is 5.91 Å². The highest BCUT2D eigenvalue weighted by atomic mass is 16.7. The van der Waals surface area contributed by atoms with Gasteiger partial charge in [-0.25, -0.2) is 9.78 Å². The number of carbonyl (C=O) groups is 2. The van der Waals surface area contributed by atoms with Crippen LogP contribution < -0.4 is 10.1 Å². The van der Waals surface area contributed by atoms with Gasteiger partial charge in [-0.1, -0.05) is 59.7 Å². The highest BCUT2D eigenvalue weighted by Gasteiger charge is 2.27. The Hall–Kier alpha value is -3.91. The predicted molar refractivity (Wildman–Crippen MR) is 127 cm³/mol. The lowest BCUT2D eigenvalue weighted by molar-refractivity contribution is -0.193. The fourth-order valence-corrected chi connectivity index (χ4v) is 3.47. The third-order valence-corrected chi connectivity index (χ3v) is 5.41. The molecule has 0 saturated carbocycles. The normalized spacial score (nSPS) is 11.9. The average Bonchev–Trinajstić information content (AvgIpc) is 2.81. The van der Waals surface area contributed by atoms with Crippen LogP contribution in [0.25, 0.3) is 0 Å². The smallest absolute Gasteiger partial charge is 0.347 e. The highest BCUT2D eigenvalue weighted by Crippen LogP contribution is 2.29. The Bertz CT molecular complexity index is 1100. The molecule has 0 bridgehead atoms. The van der Waals surface area contributed by atoms with Gasteiger partial charge in [0.1, 0.15) is 6.04 Å². The number of nitrogens with zero attached hydrogens (tertiary/aromatic N) is 2. The lowest BCUT2D eigenvalue weighted by Crippen LogP contribution is -2.42. The van der Waals surface area contributed by atoms with Gasteiger partial charge in [0.15, 0.2) is 17.2 Å². The third-order valence-electron chi connectivity index (χ3n) is 5.41. The molecule has 1 amide bonds. The molecule has 1 atom stereocenters. The average molecular weight is 464 g/mol. The number of carbonyl (C=O) groups excluding carboxylic acids is 2. The molecule has 0 fully saturated rings. The molecule has 0 radical (unpaired) electrons. The van der Waals surface area contributed by atoms with Crippen LogP contribution in [0, 0.1) is 13.8 Å². The zero-order valence-electron chi connectivity index (χ0n) is 19.9. The van der Waals surface area contributed by atoms with E-state index in [1.165, 1.54) is 31.4 Å². The van der Waals surface area contributed by atoms with Crippen molar-refractivity contribution in [3.63, 3.8) is 0 Å². The van der Waals surface area contributed by atoms with Crippen molar-refractivity contribution in [1.29, 1.82) is 0 Å². The van der Waals surface area contributed by atoms with Crippen LogP contribution in [0.4, 0.5) is 0 Å². The van der Waals surface area contributed by atoms with Crippen LogP contribution in [0.2, 0.25) is 0 Å². The Labute approximate surface area is 199 Å². The second-order valence-corrected chi connectivity index (χ2v) is 8.09. The highest BCUT2D eigenvalue weighted by molar-refractivity contribution is 5.97. The van der Waals surface area contributed by atoms with Crippen LogP contribution in [0.5, 0.6) is 11.5 Å². The Morgan fingerprint density at radius 3 is 2.00 bits per heavy atom. The third kappa shape index (κ3) is 5.71. The van der Waals surface area contributed by atoms with E-state index in [0.29, 0.717) is 0 Å². The summed E-state index contributed by atoms with van der Waals surface area (Å²) in [7, 11) is 3.04. The van der Waals surface area contributed by atoms with Crippen LogP contribution in [0.3, 0.4) is 0 Å². The second kappa shape index (κ2) is 10.8. The molecule has 0 aliphatic carbocycles. The lowest BCUT2D eigenvalue weighted by atomic mass is 9.97. The SMILES string of the molecule is COc1ccnc(C(=O)N[C@@H](C)C(=O)ON(C)C(c2ccc(C)cc2)c2ccc(C)cc2)c1O. The van der Waals surface area contributed by atoms with Crippen LogP contribution in [-0.2, 0) is 9.63 Å². The largest absolute Gasteiger partial charge is 0.503 e. The number of amides is 1. The molecule has 0 aliphatic heterocycles. The molecule has 0 spiro atoms. The van der Waals surface area contributed by atoms with Crippen molar-refractivity contribution in [3.05, 3.63) is 88.7 Å². The number of hydroxylamine groups is 2. The number of hydrogen-bond donors (Lipinski definition) is 2. The molecule has 3 rings (SSSR count). The standard InChI is InChI=1S/C26H29N3O5/c1-16-6-10-19(11-7-16)23(20-12-8-17(2)9-13-20)29(4)34-26(32)18(3)28-25(31)22-24(30)21(33-5)14-15-27-22/h6-15,18,23,30H,1-5H3,(H,28,31)/t18-/m0/s1. The molecule has 2 N–H and O–H groups in total. The Morgan fingerprint density at radius 1 is 0.971 bits per heavy atom. The van der Waals surface area contributed by atoms with Crippen LogP contribution in [-0.4, -0.2) is 47.2 Å². The zero-order chi connectivity index (χ0) is 24.8. The lowest BCUT2D eigenvalue weighted by Gasteiger charge is -2.28. The molecule has 3 aromatic rings. The van der Waals surface area contributed by atoms with E-state index >= 15 is 0 Å². The van der Waals surface area contributed by atoms with Gasteiger partial charge in [-0.2, -0.15) is 0 Å². The van der Waals surface area contributed by atoms with Gasteiger partial charge in [0.05, 0.1) is 13.2 Å². The first-order valence-corrected chi connectivity index (χ1v) is 10.8. The second-order valence-electron chi connectivity index (χ2n) is 8.09. The van der Waals surface area contributed by atoms with E-state index in [-0.39, 0.29) is 17.5 Å². The van der Waals surface area contributed by atoms with Crippen molar-refractivity contribution in [3.8, 4) is 11.5 Å². The van der Waals surface area contributed by atoms with Crippen molar-refractivity contribution in [2.24, 2.45) is 0 Å². The summed E-state index contributed by atoms with van der Waals surface area (Å²) in [6.07, 6.45) is 1.33. The summed E-state index contributed by atoms with van der Waals surface area (Å²) in [6.45, 7) is 5.51. The predicted octanol–water partition coefficient (Wildman–Crippen LogP) is 3.71. The number of nitrogens with one attached hydrogen (secondary N) is 1. The molecule has 0 saturated heterocycles. The molecular formula is C26H29N3O5. The summed E-state index contributed by atoms with van der Waals surface area (Å²) in [5.74, 6) is -1.69. The topological polar surface area (TPSA) is 101 Å². The van der Waals surface area contributed by atoms with Crippen LogP contribution in [0.1, 0.15) is 45.7 Å². The van der Waals surface area contributed by atoms with Gasteiger partial charge < -0.3 is 20.0 Å². The van der Waals surface area contributed by atoms with E-state index in [1.807, 2.05) is 62.4 Å². The van der Waals surface area contributed by atoms with Crippen LogP contribution in [0.15, 0.2) is 60.8 Å². The number of aryl methyl sites for hydroxylation is 2. The van der Waals surface area contributed by atoms with Gasteiger partial charge >= 0.3 is 5.97 Å². The number of rotatable bonds is 8. The van der Waals surface area contributed by atoms with Crippen molar-refractivity contribution in [1.82, 2.24) is 15.4 Å². The molecule has 0 unspecified atom stereocenters. The molecule has 2 aromatic carbocycles. The summed E-state index contributed by atoms with van der Waals surface area (Å²) < 4.78 is 5.00. The minimum Gasteiger partial charge on any atom is -0.503 e. The first-order valence-electron chi connectivity index (χ1n) is 10.8. The summed E-state index contributed by atoms with van der Waals surface area (Å²) in [5, 5.41) is 14.1. The first kappa shape index (κ1) is 24.7. The first-order chi connectivity index (χ1) is 16.2.